The van der Waals surface area contributed by atoms with Crippen LogP contribution in [0.4, 0.5) is 0 Å². The Morgan fingerprint density at radius 2 is 1.52 bits per heavy atom. The first-order valence-electron chi connectivity index (χ1n) is 7.33. The van der Waals surface area contributed by atoms with Crippen LogP contribution in [-0.2, 0) is 18.5 Å². The molecule has 0 saturated heterocycles. The molecule has 0 amide bonds. The van der Waals surface area contributed by atoms with Crippen LogP contribution in [0, 0.1) is 5.41 Å². The van der Waals surface area contributed by atoms with E-state index in [4.69, 9.17) is 13.9 Å². The lowest BCUT2D eigenvalue weighted by molar-refractivity contribution is -0.230. The fourth-order valence-electron chi connectivity index (χ4n) is 2.24. The Kier molecular flexibility index (Phi) is 8.06. The minimum atomic E-state index is -3.44. The third kappa shape index (κ3) is 5.31. The van der Waals surface area contributed by atoms with Crippen LogP contribution in [0.15, 0.2) is 0 Å². The first kappa shape index (κ1) is 21.0. The number of hydrogen-bond donors (Lipinski definition) is 1. The summed E-state index contributed by atoms with van der Waals surface area (Å²) < 4.78 is 24.3. The fourth-order valence-corrected chi connectivity index (χ4v) is 4.93. The van der Waals surface area contributed by atoms with Crippen LogP contribution >= 0.6 is 7.60 Å². The highest BCUT2D eigenvalue weighted by molar-refractivity contribution is 7.54. The average Bonchev–Trinajstić information content (AvgIpc) is 2.34. The molecule has 0 radical (unpaired) electrons. The minimum Gasteiger partial charge on any atom is -0.394 e. The van der Waals surface area contributed by atoms with E-state index >= 15 is 0 Å². The standard InChI is InChI=1S/C14H32NO5P/c1-9-19-21(17,20-10-2)12(13(3,4)5)15(18-8)14(6,7)11-16/h12,16H,9-11H2,1-8H3. The predicted molar refractivity (Wildman–Crippen MR) is 84.1 cm³/mol. The van der Waals surface area contributed by atoms with Crippen LogP contribution in [-0.4, -0.2) is 48.4 Å². The van der Waals surface area contributed by atoms with Gasteiger partial charge in [-0.15, -0.1) is 0 Å². The lowest BCUT2D eigenvalue weighted by Crippen LogP contribution is -2.55. The Labute approximate surface area is 129 Å². The quantitative estimate of drug-likeness (QED) is 0.518. The van der Waals surface area contributed by atoms with Crippen molar-refractivity contribution in [2.45, 2.75) is 59.8 Å². The number of aliphatic hydroxyl groups excluding tert-OH is 1. The summed E-state index contributed by atoms with van der Waals surface area (Å²) >= 11 is 0. The zero-order valence-electron chi connectivity index (χ0n) is 14.7. The van der Waals surface area contributed by atoms with Gasteiger partial charge in [0.25, 0.3) is 0 Å². The highest BCUT2D eigenvalue weighted by atomic mass is 31.2. The second kappa shape index (κ2) is 8.04. The van der Waals surface area contributed by atoms with Gasteiger partial charge in [0, 0.05) is 0 Å². The average molecular weight is 325 g/mol. The van der Waals surface area contributed by atoms with E-state index in [2.05, 4.69) is 0 Å². The smallest absolute Gasteiger partial charge is 0.350 e. The van der Waals surface area contributed by atoms with Gasteiger partial charge in [0.05, 0.1) is 32.5 Å². The summed E-state index contributed by atoms with van der Waals surface area (Å²) in [6.07, 6.45) is 0. The summed E-state index contributed by atoms with van der Waals surface area (Å²) in [6.45, 7) is 13.4. The molecular formula is C14H32NO5P. The van der Waals surface area contributed by atoms with Crippen molar-refractivity contribution in [2.75, 3.05) is 26.9 Å². The van der Waals surface area contributed by atoms with Crippen molar-refractivity contribution in [2.24, 2.45) is 5.41 Å². The Hall–Kier alpha value is 0.0300. The third-order valence-corrected chi connectivity index (χ3v) is 5.91. The summed E-state index contributed by atoms with van der Waals surface area (Å²) in [4.78, 5) is 5.47. The Bertz CT molecular complexity index is 344. The monoisotopic (exact) mass is 325 g/mol. The summed E-state index contributed by atoms with van der Waals surface area (Å²) in [5.41, 5.74) is -1.17. The van der Waals surface area contributed by atoms with Crippen molar-refractivity contribution in [1.29, 1.82) is 0 Å². The van der Waals surface area contributed by atoms with Gasteiger partial charge >= 0.3 is 7.60 Å². The Morgan fingerprint density at radius 3 is 1.76 bits per heavy atom. The molecule has 0 aliphatic carbocycles. The van der Waals surface area contributed by atoms with Gasteiger partial charge in [-0.2, -0.15) is 5.06 Å². The minimum absolute atomic E-state index is 0.147. The van der Waals surface area contributed by atoms with Crippen molar-refractivity contribution >= 4 is 7.60 Å². The molecule has 1 atom stereocenters. The van der Waals surface area contributed by atoms with E-state index in [0.29, 0.717) is 0 Å². The highest BCUT2D eigenvalue weighted by Gasteiger charge is 2.51. The molecular weight excluding hydrogens is 293 g/mol. The molecule has 6 nitrogen and oxygen atoms in total. The molecule has 0 aromatic rings. The summed E-state index contributed by atoms with van der Waals surface area (Å²) in [5, 5.41) is 11.2. The van der Waals surface area contributed by atoms with E-state index in [-0.39, 0.29) is 19.8 Å². The SMILES string of the molecule is CCOP(=O)(OCC)C(N(OC)C(C)(C)CO)C(C)(C)C. The van der Waals surface area contributed by atoms with Crippen molar-refractivity contribution in [3.63, 3.8) is 0 Å². The second-order valence-corrected chi connectivity index (χ2v) is 8.68. The zero-order valence-corrected chi connectivity index (χ0v) is 15.6. The van der Waals surface area contributed by atoms with Crippen LogP contribution in [0.2, 0.25) is 0 Å². The molecule has 0 saturated carbocycles. The second-order valence-electron chi connectivity index (χ2n) is 6.59. The number of hydroxylamine groups is 2. The van der Waals surface area contributed by atoms with Gasteiger partial charge in [-0.3, -0.25) is 4.57 Å². The van der Waals surface area contributed by atoms with E-state index in [0.717, 1.165) is 0 Å². The van der Waals surface area contributed by atoms with Crippen LogP contribution in [0.3, 0.4) is 0 Å². The van der Waals surface area contributed by atoms with Gasteiger partial charge in [-0.25, -0.2) is 0 Å². The molecule has 0 fully saturated rings. The molecule has 0 aliphatic rings. The van der Waals surface area contributed by atoms with Crippen molar-refractivity contribution in [1.82, 2.24) is 5.06 Å². The van der Waals surface area contributed by atoms with Gasteiger partial charge in [-0.05, 0) is 33.1 Å². The fraction of sp³-hybridized carbons (Fsp3) is 1.00. The third-order valence-electron chi connectivity index (χ3n) is 3.09. The molecule has 7 heteroatoms. The maximum Gasteiger partial charge on any atom is 0.350 e. The molecule has 1 unspecified atom stereocenters. The maximum atomic E-state index is 13.3. The molecule has 0 rings (SSSR count). The van der Waals surface area contributed by atoms with Gasteiger partial charge in [-0.1, -0.05) is 20.8 Å². The van der Waals surface area contributed by atoms with Gasteiger partial charge in [0.1, 0.15) is 5.78 Å². The van der Waals surface area contributed by atoms with Crippen LogP contribution in [0.5, 0.6) is 0 Å². The molecule has 0 aromatic heterocycles. The highest BCUT2D eigenvalue weighted by Crippen LogP contribution is 2.60. The van der Waals surface area contributed by atoms with E-state index < -0.39 is 24.3 Å². The first-order valence-corrected chi connectivity index (χ1v) is 8.94. The molecule has 0 bridgehead atoms. The van der Waals surface area contributed by atoms with Gasteiger partial charge in [0.15, 0.2) is 0 Å². The number of nitrogens with zero attached hydrogens (tertiary/aromatic N) is 1. The Morgan fingerprint density at radius 1 is 1.10 bits per heavy atom. The van der Waals surface area contributed by atoms with Crippen molar-refractivity contribution in [3.05, 3.63) is 0 Å². The maximum absolute atomic E-state index is 13.3. The molecule has 0 heterocycles. The molecule has 0 aromatic carbocycles. The summed E-state index contributed by atoms with van der Waals surface area (Å²) in [7, 11) is -1.95. The molecule has 128 valence electrons. The number of rotatable bonds is 9. The van der Waals surface area contributed by atoms with Crippen molar-refractivity contribution in [3.8, 4) is 0 Å². The van der Waals surface area contributed by atoms with Crippen molar-refractivity contribution < 1.29 is 23.6 Å². The van der Waals surface area contributed by atoms with Gasteiger partial charge in [0.2, 0.25) is 0 Å². The lowest BCUT2D eigenvalue weighted by Gasteiger charge is -2.47. The van der Waals surface area contributed by atoms with E-state index in [1.54, 1.807) is 18.9 Å². The summed E-state index contributed by atoms with van der Waals surface area (Å²) in [6, 6.07) is 0. The Balaban J connectivity index is 5.92. The lowest BCUT2D eigenvalue weighted by atomic mass is 9.93. The topological polar surface area (TPSA) is 68.2 Å². The molecule has 21 heavy (non-hydrogen) atoms. The first-order chi connectivity index (χ1) is 9.50. The van der Waals surface area contributed by atoms with E-state index in [9.17, 15) is 9.67 Å². The number of hydrogen-bond acceptors (Lipinski definition) is 6. The largest absolute Gasteiger partial charge is 0.394 e. The summed E-state index contributed by atoms with van der Waals surface area (Å²) in [5.74, 6) is -0.642. The predicted octanol–water partition coefficient (Wildman–Crippen LogP) is 3.26. The van der Waals surface area contributed by atoms with Crippen LogP contribution in [0.1, 0.15) is 48.5 Å². The van der Waals surface area contributed by atoms with Crippen LogP contribution < -0.4 is 0 Å². The molecule has 0 spiro atoms. The van der Waals surface area contributed by atoms with Gasteiger partial charge < -0.3 is 19.0 Å². The number of aliphatic hydroxyl groups is 1. The zero-order chi connectivity index (χ0) is 16.9. The van der Waals surface area contributed by atoms with Crippen LogP contribution in [0.25, 0.3) is 0 Å². The molecule has 0 aliphatic heterocycles. The molecule has 1 N–H and O–H groups in total. The normalized spacial score (nSPS) is 15.5. The van der Waals surface area contributed by atoms with E-state index in [1.807, 2.05) is 34.6 Å². The van der Waals surface area contributed by atoms with E-state index in [1.165, 1.54) is 7.11 Å².